The molecule has 1 aliphatic rings. The third kappa shape index (κ3) is 5.47. The van der Waals surface area contributed by atoms with E-state index < -0.39 is 0 Å². The van der Waals surface area contributed by atoms with E-state index in [-0.39, 0.29) is 0 Å². The number of hydrogen-bond acceptors (Lipinski definition) is 4. The number of benzene rings is 1. The Hall–Kier alpha value is -2.57. The molecule has 3 rings (SSSR count). The Balaban J connectivity index is 1.65. The number of nitrogens with one attached hydrogen (secondary N) is 1. The molecule has 0 aliphatic carbocycles. The maximum Gasteiger partial charge on any atom is 0.194 e. The molecule has 1 saturated heterocycles. The van der Waals surface area contributed by atoms with E-state index in [0.717, 1.165) is 50.1 Å². The van der Waals surface area contributed by atoms with Gasteiger partial charge in [-0.1, -0.05) is 26.0 Å². The van der Waals surface area contributed by atoms with Gasteiger partial charge in [0, 0.05) is 32.6 Å². The summed E-state index contributed by atoms with van der Waals surface area (Å²) in [5.74, 6) is 3.58. The Morgan fingerprint density at radius 3 is 2.86 bits per heavy atom. The SMILES string of the molecule is CCc1nncn1CCNC(=NCc1ccc(OC)cc1)N1CCCC(C)C1. The van der Waals surface area contributed by atoms with Gasteiger partial charge in [-0.15, -0.1) is 10.2 Å². The highest BCUT2D eigenvalue weighted by Crippen LogP contribution is 2.16. The highest BCUT2D eigenvalue weighted by Gasteiger charge is 2.19. The number of hydrogen-bond donors (Lipinski definition) is 1. The first-order valence-electron chi connectivity index (χ1n) is 10.2. The van der Waals surface area contributed by atoms with Crippen molar-refractivity contribution in [3.05, 3.63) is 42.0 Å². The van der Waals surface area contributed by atoms with Crippen LogP contribution in [-0.4, -0.2) is 52.4 Å². The van der Waals surface area contributed by atoms with Gasteiger partial charge in [-0.25, -0.2) is 4.99 Å². The minimum Gasteiger partial charge on any atom is -0.497 e. The van der Waals surface area contributed by atoms with Gasteiger partial charge in [0.05, 0.1) is 13.7 Å². The fourth-order valence-corrected chi connectivity index (χ4v) is 3.57. The molecule has 2 aromatic rings. The average Bonchev–Trinajstić information content (AvgIpc) is 3.18. The molecule has 1 aromatic carbocycles. The Bertz CT molecular complexity index is 755. The molecule has 0 bridgehead atoms. The zero-order valence-corrected chi connectivity index (χ0v) is 17.3. The quantitative estimate of drug-likeness (QED) is 0.587. The molecule has 1 atom stereocenters. The van der Waals surface area contributed by atoms with Gasteiger partial charge < -0.3 is 19.5 Å². The number of rotatable bonds is 7. The molecule has 1 N–H and O–H groups in total. The highest BCUT2D eigenvalue weighted by molar-refractivity contribution is 5.80. The van der Waals surface area contributed by atoms with E-state index in [1.165, 1.54) is 18.4 Å². The van der Waals surface area contributed by atoms with Crippen LogP contribution >= 0.6 is 0 Å². The summed E-state index contributed by atoms with van der Waals surface area (Å²) in [6, 6.07) is 8.12. The lowest BCUT2D eigenvalue weighted by Crippen LogP contribution is -2.47. The number of piperidine rings is 1. The minimum atomic E-state index is 0.657. The van der Waals surface area contributed by atoms with E-state index in [1.54, 1.807) is 13.4 Å². The zero-order chi connectivity index (χ0) is 19.8. The summed E-state index contributed by atoms with van der Waals surface area (Å²) in [5, 5.41) is 11.7. The van der Waals surface area contributed by atoms with Gasteiger partial charge in [-0.05, 0) is 36.5 Å². The van der Waals surface area contributed by atoms with E-state index >= 15 is 0 Å². The monoisotopic (exact) mass is 384 g/mol. The molecule has 7 nitrogen and oxygen atoms in total. The summed E-state index contributed by atoms with van der Waals surface area (Å²) in [6.45, 7) is 8.83. The van der Waals surface area contributed by atoms with E-state index in [9.17, 15) is 0 Å². The zero-order valence-electron chi connectivity index (χ0n) is 17.3. The second-order valence-electron chi connectivity index (χ2n) is 7.40. The maximum atomic E-state index is 5.24. The highest BCUT2D eigenvalue weighted by atomic mass is 16.5. The van der Waals surface area contributed by atoms with E-state index in [1.807, 2.05) is 12.1 Å². The van der Waals surface area contributed by atoms with E-state index in [4.69, 9.17) is 9.73 Å². The minimum absolute atomic E-state index is 0.657. The van der Waals surface area contributed by atoms with Crippen molar-refractivity contribution in [1.29, 1.82) is 0 Å². The van der Waals surface area contributed by atoms with Crippen LogP contribution in [0, 0.1) is 5.92 Å². The molecule has 0 radical (unpaired) electrons. The van der Waals surface area contributed by atoms with Crippen molar-refractivity contribution in [3.63, 3.8) is 0 Å². The van der Waals surface area contributed by atoms with Crippen LogP contribution in [0.4, 0.5) is 0 Å². The van der Waals surface area contributed by atoms with Gasteiger partial charge in [0.25, 0.3) is 0 Å². The number of nitrogens with zero attached hydrogens (tertiary/aromatic N) is 5. The predicted molar refractivity (Wildman–Crippen MR) is 112 cm³/mol. The first-order valence-corrected chi connectivity index (χ1v) is 10.2. The summed E-state index contributed by atoms with van der Waals surface area (Å²) >= 11 is 0. The van der Waals surface area contributed by atoms with Crippen LogP contribution in [0.15, 0.2) is 35.6 Å². The van der Waals surface area contributed by atoms with Crippen molar-refractivity contribution in [2.75, 3.05) is 26.7 Å². The number of ether oxygens (including phenoxy) is 1. The fourth-order valence-electron chi connectivity index (χ4n) is 3.57. The molecule has 7 heteroatoms. The normalized spacial score (nSPS) is 17.6. The average molecular weight is 385 g/mol. The lowest BCUT2D eigenvalue weighted by atomic mass is 10.0. The molecular weight excluding hydrogens is 352 g/mol. The first-order chi connectivity index (χ1) is 13.7. The number of aryl methyl sites for hydroxylation is 1. The third-order valence-electron chi connectivity index (χ3n) is 5.17. The van der Waals surface area contributed by atoms with E-state index in [2.05, 4.69) is 51.0 Å². The second kappa shape index (κ2) is 10.1. The smallest absolute Gasteiger partial charge is 0.194 e. The van der Waals surface area contributed by atoms with Crippen molar-refractivity contribution in [3.8, 4) is 5.75 Å². The van der Waals surface area contributed by atoms with Crippen LogP contribution in [0.1, 0.15) is 38.1 Å². The third-order valence-corrected chi connectivity index (χ3v) is 5.17. The summed E-state index contributed by atoms with van der Waals surface area (Å²) in [7, 11) is 1.69. The fraction of sp³-hybridized carbons (Fsp3) is 0.571. The Morgan fingerprint density at radius 1 is 1.32 bits per heavy atom. The largest absolute Gasteiger partial charge is 0.497 e. The molecule has 28 heavy (non-hydrogen) atoms. The molecule has 0 spiro atoms. The van der Waals surface area contributed by atoms with Crippen LogP contribution in [0.25, 0.3) is 0 Å². The van der Waals surface area contributed by atoms with Crippen molar-refractivity contribution in [1.82, 2.24) is 25.0 Å². The van der Waals surface area contributed by atoms with E-state index in [0.29, 0.717) is 12.5 Å². The van der Waals surface area contributed by atoms with Crippen molar-refractivity contribution >= 4 is 5.96 Å². The van der Waals surface area contributed by atoms with Crippen LogP contribution in [-0.2, 0) is 19.5 Å². The summed E-state index contributed by atoms with van der Waals surface area (Å²) < 4.78 is 7.34. The molecule has 1 aliphatic heterocycles. The first kappa shape index (κ1) is 20.2. The van der Waals surface area contributed by atoms with Gasteiger partial charge in [-0.3, -0.25) is 0 Å². The van der Waals surface area contributed by atoms with Gasteiger partial charge in [0.2, 0.25) is 0 Å². The summed E-state index contributed by atoms with van der Waals surface area (Å²) in [4.78, 5) is 7.31. The lowest BCUT2D eigenvalue weighted by Gasteiger charge is -2.33. The van der Waals surface area contributed by atoms with Crippen molar-refractivity contribution in [2.24, 2.45) is 10.9 Å². The predicted octanol–water partition coefficient (Wildman–Crippen LogP) is 2.73. The van der Waals surface area contributed by atoms with Crippen LogP contribution < -0.4 is 10.1 Å². The van der Waals surface area contributed by atoms with Crippen LogP contribution in [0.2, 0.25) is 0 Å². The molecule has 0 saturated carbocycles. The molecule has 1 fully saturated rings. The Labute approximate surface area is 167 Å². The molecule has 0 amide bonds. The Kier molecular flexibility index (Phi) is 7.28. The molecular formula is C21H32N6O. The molecule has 2 heterocycles. The van der Waals surface area contributed by atoms with Gasteiger partial charge >= 0.3 is 0 Å². The van der Waals surface area contributed by atoms with Gasteiger partial charge in [0.1, 0.15) is 17.9 Å². The van der Waals surface area contributed by atoms with Gasteiger partial charge in [-0.2, -0.15) is 0 Å². The van der Waals surface area contributed by atoms with Gasteiger partial charge in [0.15, 0.2) is 5.96 Å². The number of methoxy groups -OCH3 is 1. The summed E-state index contributed by atoms with van der Waals surface area (Å²) in [5.41, 5.74) is 1.18. The number of aromatic nitrogens is 3. The van der Waals surface area contributed by atoms with Crippen LogP contribution in [0.5, 0.6) is 5.75 Å². The Morgan fingerprint density at radius 2 is 2.14 bits per heavy atom. The number of likely N-dealkylation sites (tertiary alicyclic amines) is 1. The van der Waals surface area contributed by atoms with Crippen molar-refractivity contribution < 1.29 is 4.74 Å². The lowest BCUT2D eigenvalue weighted by molar-refractivity contribution is 0.265. The topological polar surface area (TPSA) is 67.6 Å². The summed E-state index contributed by atoms with van der Waals surface area (Å²) in [6.07, 6.45) is 5.21. The second-order valence-corrected chi connectivity index (χ2v) is 7.40. The van der Waals surface area contributed by atoms with Crippen molar-refractivity contribution in [2.45, 2.75) is 46.2 Å². The molecule has 1 aromatic heterocycles. The number of aliphatic imine (C=N–C) groups is 1. The maximum absolute atomic E-state index is 5.24. The van der Waals surface area contributed by atoms with Crippen LogP contribution in [0.3, 0.4) is 0 Å². The molecule has 152 valence electrons. The number of guanidine groups is 1. The molecule has 1 unspecified atom stereocenters. The standard InChI is InChI=1S/C21H32N6O/c1-4-20-25-24-16-27(20)13-11-22-21(26-12-5-6-17(2)15-26)23-14-18-7-9-19(28-3)10-8-18/h7-10,16-17H,4-6,11-15H2,1-3H3,(H,22,23).